The van der Waals surface area contributed by atoms with Crippen LogP contribution in [0, 0.1) is 5.92 Å². The molecule has 58 valence electrons. The van der Waals surface area contributed by atoms with Crippen LogP contribution in [0.15, 0.2) is 23.9 Å². The summed E-state index contributed by atoms with van der Waals surface area (Å²) in [4.78, 5) is 0. The van der Waals surface area contributed by atoms with Crippen LogP contribution in [0.3, 0.4) is 0 Å². The number of allylic oxidation sites excluding steroid dienone is 3. The van der Waals surface area contributed by atoms with Gasteiger partial charge in [0.25, 0.3) is 0 Å². The molecule has 0 radical (unpaired) electrons. The van der Waals surface area contributed by atoms with E-state index in [2.05, 4.69) is 25.9 Å². The highest BCUT2D eigenvalue weighted by atomic mass is 15.2. The van der Waals surface area contributed by atoms with E-state index in [1.807, 2.05) is 6.92 Å². The minimum atomic E-state index is 0.433. The summed E-state index contributed by atoms with van der Waals surface area (Å²) in [6, 6.07) is 0. The third-order valence-corrected chi connectivity index (χ3v) is 1.46. The van der Waals surface area contributed by atoms with Crippen LogP contribution in [0.1, 0.15) is 20.8 Å². The smallest absolute Gasteiger partial charge is 0.0313 e. The van der Waals surface area contributed by atoms with E-state index >= 15 is 0 Å². The van der Waals surface area contributed by atoms with Gasteiger partial charge in [0.15, 0.2) is 0 Å². The second-order valence-corrected chi connectivity index (χ2v) is 2.60. The molecular weight excluding hydrogens is 124 g/mol. The molecule has 10 heavy (non-hydrogen) atoms. The van der Waals surface area contributed by atoms with Crippen molar-refractivity contribution < 1.29 is 0 Å². The van der Waals surface area contributed by atoms with Crippen molar-refractivity contribution in [3.05, 3.63) is 23.9 Å². The number of hydrogen-bond donors (Lipinski definition) is 2. The Morgan fingerprint density at radius 3 is 2.20 bits per heavy atom. The summed E-state index contributed by atoms with van der Waals surface area (Å²) in [6.45, 7) is 9.82. The van der Waals surface area contributed by atoms with E-state index in [-0.39, 0.29) is 0 Å². The second-order valence-electron chi connectivity index (χ2n) is 2.60. The molecule has 3 N–H and O–H groups in total. The average molecular weight is 140 g/mol. The lowest BCUT2D eigenvalue weighted by Gasteiger charge is -2.12. The van der Waals surface area contributed by atoms with E-state index in [9.17, 15) is 0 Å². The van der Waals surface area contributed by atoms with Crippen molar-refractivity contribution in [2.75, 3.05) is 0 Å². The Labute approximate surface area is 62.8 Å². The van der Waals surface area contributed by atoms with Gasteiger partial charge in [0, 0.05) is 5.70 Å². The van der Waals surface area contributed by atoms with Crippen LogP contribution in [0.5, 0.6) is 0 Å². The van der Waals surface area contributed by atoms with Crippen molar-refractivity contribution >= 4 is 0 Å². The van der Waals surface area contributed by atoms with Gasteiger partial charge in [-0.15, -0.1) is 0 Å². The van der Waals surface area contributed by atoms with Crippen LogP contribution >= 0.6 is 0 Å². The molecule has 0 saturated heterocycles. The van der Waals surface area contributed by atoms with E-state index in [1.54, 1.807) is 6.08 Å². The second kappa shape index (κ2) is 4.12. The van der Waals surface area contributed by atoms with Gasteiger partial charge in [0.05, 0.1) is 0 Å². The SMILES string of the molecule is C=C/C(C)=C(\NN)C(C)C. The van der Waals surface area contributed by atoms with Crippen molar-refractivity contribution in [1.82, 2.24) is 5.43 Å². The summed E-state index contributed by atoms with van der Waals surface area (Å²) in [5.74, 6) is 5.73. The van der Waals surface area contributed by atoms with E-state index in [4.69, 9.17) is 5.84 Å². The van der Waals surface area contributed by atoms with Gasteiger partial charge in [-0.3, -0.25) is 5.84 Å². The Morgan fingerprint density at radius 2 is 2.10 bits per heavy atom. The molecule has 0 aliphatic carbocycles. The molecule has 0 spiro atoms. The van der Waals surface area contributed by atoms with Crippen LogP contribution < -0.4 is 11.3 Å². The van der Waals surface area contributed by atoms with Gasteiger partial charge in [-0.25, -0.2) is 0 Å². The number of nitrogens with two attached hydrogens (primary N) is 1. The molecule has 0 saturated carbocycles. The Balaban J connectivity index is 4.45. The van der Waals surface area contributed by atoms with Gasteiger partial charge in [-0.1, -0.05) is 26.5 Å². The summed E-state index contributed by atoms with van der Waals surface area (Å²) in [5, 5.41) is 0. The van der Waals surface area contributed by atoms with Crippen LogP contribution in [0.25, 0.3) is 0 Å². The highest BCUT2D eigenvalue weighted by Crippen LogP contribution is 2.10. The molecule has 0 heterocycles. The van der Waals surface area contributed by atoms with Gasteiger partial charge < -0.3 is 5.43 Å². The molecule has 0 bridgehead atoms. The van der Waals surface area contributed by atoms with Gasteiger partial charge in [0.2, 0.25) is 0 Å². The molecule has 0 aromatic rings. The fraction of sp³-hybridized carbons (Fsp3) is 0.500. The lowest BCUT2D eigenvalue weighted by Crippen LogP contribution is -2.25. The summed E-state index contributed by atoms with van der Waals surface area (Å²) in [7, 11) is 0. The Bertz CT molecular complexity index is 145. The summed E-state index contributed by atoms with van der Waals surface area (Å²) in [6.07, 6.45) is 1.80. The van der Waals surface area contributed by atoms with Crippen LogP contribution in [0.2, 0.25) is 0 Å². The number of rotatable bonds is 3. The third-order valence-electron chi connectivity index (χ3n) is 1.46. The first-order valence-corrected chi connectivity index (χ1v) is 3.43. The van der Waals surface area contributed by atoms with Crippen molar-refractivity contribution in [3.63, 3.8) is 0 Å². The van der Waals surface area contributed by atoms with Gasteiger partial charge >= 0.3 is 0 Å². The fourth-order valence-electron chi connectivity index (χ4n) is 0.846. The van der Waals surface area contributed by atoms with Crippen LogP contribution in [0.4, 0.5) is 0 Å². The molecule has 0 fully saturated rings. The molecule has 0 atom stereocenters. The Kier molecular flexibility index (Phi) is 3.81. The molecule has 0 aromatic carbocycles. The molecule has 2 nitrogen and oxygen atoms in total. The highest BCUT2D eigenvalue weighted by molar-refractivity contribution is 5.21. The summed E-state index contributed by atoms with van der Waals surface area (Å²) in [5.41, 5.74) is 4.82. The van der Waals surface area contributed by atoms with Gasteiger partial charge in [-0.2, -0.15) is 0 Å². The molecule has 0 aliphatic heterocycles. The molecule has 2 heteroatoms. The van der Waals surface area contributed by atoms with E-state index < -0.39 is 0 Å². The molecule has 0 aliphatic rings. The summed E-state index contributed by atoms with van der Waals surface area (Å²) >= 11 is 0. The van der Waals surface area contributed by atoms with Crippen molar-refractivity contribution in [2.24, 2.45) is 11.8 Å². The highest BCUT2D eigenvalue weighted by Gasteiger charge is 2.01. The zero-order chi connectivity index (χ0) is 8.15. The molecule has 0 aromatic heterocycles. The zero-order valence-corrected chi connectivity index (χ0v) is 6.94. The minimum absolute atomic E-state index is 0.433. The van der Waals surface area contributed by atoms with Gasteiger partial charge in [0.1, 0.15) is 0 Å². The maximum absolute atomic E-state index is 5.29. The molecular formula is C8H16N2. The van der Waals surface area contributed by atoms with E-state index in [0.717, 1.165) is 11.3 Å². The predicted octanol–water partition coefficient (Wildman–Crippen LogP) is 1.57. The van der Waals surface area contributed by atoms with Crippen LogP contribution in [-0.2, 0) is 0 Å². The largest absolute Gasteiger partial charge is 0.328 e. The monoisotopic (exact) mass is 140 g/mol. The third kappa shape index (κ3) is 2.23. The summed E-state index contributed by atoms with van der Waals surface area (Å²) < 4.78 is 0. The first-order valence-electron chi connectivity index (χ1n) is 3.43. The Morgan fingerprint density at radius 1 is 1.60 bits per heavy atom. The van der Waals surface area contributed by atoms with Gasteiger partial charge in [-0.05, 0) is 18.4 Å². The molecule has 0 unspecified atom stereocenters. The number of hydrogen-bond acceptors (Lipinski definition) is 2. The van der Waals surface area contributed by atoms with Crippen molar-refractivity contribution in [1.29, 1.82) is 0 Å². The number of nitrogens with one attached hydrogen (secondary N) is 1. The van der Waals surface area contributed by atoms with Crippen LogP contribution in [-0.4, -0.2) is 0 Å². The van der Waals surface area contributed by atoms with Crippen molar-refractivity contribution in [2.45, 2.75) is 20.8 Å². The fourth-order valence-corrected chi connectivity index (χ4v) is 0.846. The lowest BCUT2D eigenvalue weighted by atomic mass is 10.1. The Hall–Kier alpha value is -0.760. The van der Waals surface area contributed by atoms with E-state index in [1.165, 1.54) is 0 Å². The first kappa shape index (κ1) is 9.24. The lowest BCUT2D eigenvalue weighted by molar-refractivity contribution is 0.664. The topological polar surface area (TPSA) is 38.0 Å². The molecule has 0 amide bonds. The first-order chi connectivity index (χ1) is 4.63. The molecule has 0 rings (SSSR count). The number of hydrazine groups is 1. The quantitative estimate of drug-likeness (QED) is 0.355. The van der Waals surface area contributed by atoms with Crippen molar-refractivity contribution in [3.8, 4) is 0 Å². The standard InChI is InChI=1S/C8H16N2/c1-5-7(4)8(10-9)6(2)3/h5-6,10H,1,9H2,2-4H3/b8-7-. The minimum Gasteiger partial charge on any atom is -0.328 e. The maximum Gasteiger partial charge on any atom is 0.0313 e. The average Bonchev–Trinajstić information content (AvgIpc) is 1.88. The maximum atomic E-state index is 5.29. The zero-order valence-electron chi connectivity index (χ0n) is 6.94. The normalized spacial score (nSPS) is 12.9. The predicted molar refractivity (Wildman–Crippen MR) is 45.1 cm³/mol. The van der Waals surface area contributed by atoms with E-state index in [0.29, 0.717) is 5.92 Å².